The molecule has 1 aliphatic rings. The molecule has 1 aromatic carbocycles. The fourth-order valence-corrected chi connectivity index (χ4v) is 2.02. The number of ether oxygens (including phenoxy) is 4. The summed E-state index contributed by atoms with van der Waals surface area (Å²) in [6.45, 7) is -0.373. The number of benzene rings is 1. The van der Waals surface area contributed by atoms with E-state index in [9.17, 15) is 9.90 Å². The summed E-state index contributed by atoms with van der Waals surface area (Å²) < 4.78 is 26.0. The van der Waals surface area contributed by atoms with E-state index in [-0.39, 0.29) is 38.1 Å². The molecule has 8 nitrogen and oxygen atoms in total. The number of rotatable bonds is 7. The van der Waals surface area contributed by atoms with Crippen molar-refractivity contribution in [3.63, 3.8) is 0 Å². The zero-order valence-electron chi connectivity index (χ0n) is 12.6. The van der Waals surface area contributed by atoms with Crippen molar-refractivity contribution in [3.8, 4) is 23.0 Å². The van der Waals surface area contributed by atoms with Gasteiger partial charge >= 0.3 is 0 Å². The van der Waals surface area contributed by atoms with Crippen molar-refractivity contribution in [2.75, 3.05) is 20.0 Å². The molecule has 128 valence electrons. The van der Waals surface area contributed by atoms with Gasteiger partial charge in [0, 0.05) is 12.1 Å². The molecule has 24 heavy (non-hydrogen) atoms. The first-order valence-electron chi connectivity index (χ1n) is 7.21. The third kappa shape index (κ3) is 3.79. The van der Waals surface area contributed by atoms with Crippen LogP contribution in [0.15, 0.2) is 39.7 Å². The molecule has 1 aliphatic heterocycles. The van der Waals surface area contributed by atoms with E-state index >= 15 is 0 Å². The monoisotopic (exact) mass is 336 g/mol. The molecule has 0 aliphatic carbocycles. The number of fused-ring (bicyclic) bond motifs is 1. The van der Waals surface area contributed by atoms with Crippen molar-refractivity contribution in [2.24, 2.45) is 0 Å². The number of hydrogen-bond donors (Lipinski definition) is 2. The minimum absolute atomic E-state index is 0.0281. The fourth-order valence-electron chi connectivity index (χ4n) is 2.02. The lowest BCUT2D eigenvalue weighted by Gasteiger charge is -2.13. The van der Waals surface area contributed by atoms with Crippen LogP contribution in [0.5, 0.6) is 23.0 Å². The van der Waals surface area contributed by atoms with E-state index in [1.54, 1.807) is 18.2 Å². The van der Waals surface area contributed by atoms with Crippen LogP contribution in [0.4, 0.5) is 0 Å². The maximum Gasteiger partial charge on any atom is 0.231 e. The Bertz CT molecular complexity index is 754. The van der Waals surface area contributed by atoms with Gasteiger partial charge < -0.3 is 33.6 Å². The summed E-state index contributed by atoms with van der Waals surface area (Å²) in [6, 6.07) is 6.21. The smallest absolute Gasteiger partial charge is 0.231 e. The second-order valence-corrected chi connectivity index (χ2v) is 5.02. The molecule has 0 bridgehead atoms. The van der Waals surface area contributed by atoms with Crippen LogP contribution < -0.4 is 24.4 Å². The first-order valence-corrected chi connectivity index (χ1v) is 7.21. The summed E-state index contributed by atoms with van der Waals surface area (Å²) in [7, 11) is 0. The van der Waals surface area contributed by atoms with Crippen LogP contribution in [-0.4, -0.2) is 36.3 Å². The first kappa shape index (κ1) is 16.2. The van der Waals surface area contributed by atoms with Crippen molar-refractivity contribution in [2.45, 2.75) is 12.7 Å². The highest BCUT2D eigenvalue weighted by atomic mass is 16.7. The molecule has 2 heterocycles. The minimum atomic E-state index is -0.952. The molecule has 0 saturated carbocycles. The van der Waals surface area contributed by atoms with Gasteiger partial charge in [0.05, 0.1) is 0 Å². The van der Waals surface area contributed by atoms with Crippen LogP contribution in [0.3, 0.4) is 0 Å². The van der Waals surface area contributed by atoms with E-state index in [4.69, 9.17) is 28.5 Å². The van der Waals surface area contributed by atoms with E-state index < -0.39 is 11.5 Å². The molecule has 3 rings (SSSR count). The highest BCUT2D eigenvalue weighted by molar-refractivity contribution is 5.46. The van der Waals surface area contributed by atoms with Gasteiger partial charge in [0.25, 0.3) is 0 Å². The Kier molecular flexibility index (Phi) is 4.88. The zero-order valence-corrected chi connectivity index (χ0v) is 12.6. The topological polar surface area (TPSA) is 108 Å². The predicted molar refractivity (Wildman–Crippen MR) is 80.5 cm³/mol. The van der Waals surface area contributed by atoms with Gasteiger partial charge in [-0.3, -0.25) is 4.79 Å². The normalized spacial score (nSPS) is 13.6. The Balaban J connectivity index is 1.49. The van der Waals surface area contributed by atoms with Gasteiger partial charge in [-0.15, -0.1) is 0 Å². The van der Waals surface area contributed by atoms with Gasteiger partial charge in [0.2, 0.25) is 18.0 Å². The zero-order chi connectivity index (χ0) is 16.9. The Hall–Kier alpha value is -2.71. The average molecular weight is 336 g/mol. The fraction of sp³-hybridized carbons (Fsp3) is 0.312. The molecule has 1 atom stereocenters. The summed E-state index contributed by atoms with van der Waals surface area (Å²) >= 11 is 0. The second kappa shape index (κ2) is 7.24. The summed E-state index contributed by atoms with van der Waals surface area (Å²) in [6.07, 6.45) is 0.145. The lowest BCUT2D eigenvalue weighted by molar-refractivity contribution is 0.0612. The van der Waals surface area contributed by atoms with Gasteiger partial charge in [0.15, 0.2) is 11.5 Å². The van der Waals surface area contributed by atoms with Crippen LogP contribution in [0.1, 0.15) is 5.76 Å². The van der Waals surface area contributed by atoms with Crippen molar-refractivity contribution in [1.29, 1.82) is 0 Å². The summed E-state index contributed by atoms with van der Waals surface area (Å²) in [5.41, 5.74) is -0.436. The van der Waals surface area contributed by atoms with E-state index in [1.807, 2.05) is 0 Å². The molecule has 1 unspecified atom stereocenters. The molecular formula is C16H16O8. The van der Waals surface area contributed by atoms with Crippen molar-refractivity contribution >= 4 is 0 Å². The highest BCUT2D eigenvalue weighted by Gasteiger charge is 2.15. The molecular weight excluding hydrogens is 320 g/mol. The largest absolute Gasteiger partial charge is 0.491 e. The Morgan fingerprint density at radius 1 is 1.12 bits per heavy atom. The van der Waals surface area contributed by atoms with Gasteiger partial charge in [-0.25, -0.2) is 0 Å². The van der Waals surface area contributed by atoms with E-state index in [1.165, 1.54) is 0 Å². The molecule has 8 heteroatoms. The molecule has 2 aromatic rings. The van der Waals surface area contributed by atoms with Gasteiger partial charge in [-0.1, -0.05) is 0 Å². The van der Waals surface area contributed by atoms with Crippen LogP contribution in [0, 0.1) is 0 Å². The predicted octanol–water partition coefficient (Wildman–Crippen LogP) is 0.679. The lowest BCUT2D eigenvalue weighted by atomic mass is 10.3. The van der Waals surface area contributed by atoms with Crippen LogP contribution in [-0.2, 0) is 6.61 Å². The molecule has 2 N–H and O–H groups in total. The minimum Gasteiger partial charge on any atom is -0.491 e. The lowest BCUT2D eigenvalue weighted by Crippen LogP contribution is -2.26. The first-order chi connectivity index (χ1) is 11.7. The Morgan fingerprint density at radius 2 is 1.92 bits per heavy atom. The number of aliphatic hydroxyl groups is 2. The highest BCUT2D eigenvalue weighted by Crippen LogP contribution is 2.35. The van der Waals surface area contributed by atoms with Gasteiger partial charge in [-0.05, 0) is 12.1 Å². The van der Waals surface area contributed by atoms with Crippen molar-refractivity contribution in [1.82, 2.24) is 0 Å². The van der Waals surface area contributed by atoms with E-state index in [0.29, 0.717) is 17.2 Å². The van der Waals surface area contributed by atoms with Crippen molar-refractivity contribution in [3.05, 3.63) is 46.5 Å². The van der Waals surface area contributed by atoms with E-state index in [2.05, 4.69) is 0 Å². The Labute approximate surface area is 136 Å². The van der Waals surface area contributed by atoms with Crippen LogP contribution in [0.2, 0.25) is 0 Å². The van der Waals surface area contributed by atoms with Gasteiger partial charge in [0.1, 0.15) is 43.7 Å². The number of aliphatic hydroxyl groups excluding tert-OH is 2. The molecule has 0 amide bonds. The molecule has 0 radical (unpaired) electrons. The van der Waals surface area contributed by atoms with Crippen molar-refractivity contribution < 1.29 is 33.6 Å². The average Bonchev–Trinajstić information content (AvgIpc) is 3.06. The Morgan fingerprint density at radius 3 is 2.71 bits per heavy atom. The summed E-state index contributed by atoms with van der Waals surface area (Å²) in [5, 5.41) is 18.7. The van der Waals surface area contributed by atoms with Crippen LogP contribution >= 0.6 is 0 Å². The number of hydrogen-bond acceptors (Lipinski definition) is 8. The SMILES string of the molecule is O=c1cc(CO)occ1OCC(O)COc1ccc2c(c1)OCO2. The molecule has 0 saturated heterocycles. The third-order valence-corrected chi connectivity index (χ3v) is 3.23. The molecule has 1 aromatic heterocycles. The maximum absolute atomic E-state index is 11.7. The van der Waals surface area contributed by atoms with Gasteiger partial charge in [-0.2, -0.15) is 0 Å². The standard InChI is InChI=1S/C16H16O8/c17-5-12-3-13(19)16(8-21-12)22-7-10(18)6-20-11-1-2-14-15(4-11)24-9-23-14/h1-4,8,10,17-18H,5-7,9H2. The summed E-state index contributed by atoms with van der Waals surface area (Å²) in [4.78, 5) is 11.7. The van der Waals surface area contributed by atoms with Crippen LogP contribution in [0.25, 0.3) is 0 Å². The summed E-state index contributed by atoms with van der Waals surface area (Å²) in [5.74, 6) is 1.84. The third-order valence-electron chi connectivity index (χ3n) is 3.23. The molecule has 0 fully saturated rings. The second-order valence-electron chi connectivity index (χ2n) is 5.02. The quantitative estimate of drug-likeness (QED) is 0.760. The molecule has 0 spiro atoms. The van der Waals surface area contributed by atoms with E-state index in [0.717, 1.165) is 12.3 Å². The maximum atomic E-state index is 11.7.